The van der Waals surface area contributed by atoms with E-state index in [0.717, 1.165) is 18.2 Å². The number of anilines is 1. The fraction of sp³-hybridized carbons (Fsp3) is 0.276. The molecule has 1 unspecified atom stereocenters. The smallest absolute Gasteiger partial charge is 0.320 e. The number of fused-ring (bicyclic) bond motifs is 1. The second kappa shape index (κ2) is 14.5. The van der Waals surface area contributed by atoms with E-state index < -0.39 is 35.1 Å². The van der Waals surface area contributed by atoms with Crippen molar-refractivity contribution in [1.29, 1.82) is 0 Å². The zero-order valence-electron chi connectivity index (χ0n) is 22.8. The van der Waals surface area contributed by atoms with Gasteiger partial charge in [-0.1, -0.05) is 6.08 Å². The molecule has 4 rings (SSSR count). The van der Waals surface area contributed by atoms with E-state index in [1.165, 1.54) is 27.8 Å². The first-order valence-corrected chi connectivity index (χ1v) is 13.0. The minimum Gasteiger partial charge on any atom is -0.320 e. The largest absolute Gasteiger partial charge is 0.416 e. The van der Waals surface area contributed by atoms with Crippen LogP contribution in [0.25, 0.3) is 16.7 Å². The molecular formula is C29H31F5N6O2. The molecule has 0 aliphatic carbocycles. The van der Waals surface area contributed by atoms with Gasteiger partial charge in [0.05, 0.1) is 22.5 Å². The molecule has 8 nitrogen and oxygen atoms in total. The van der Waals surface area contributed by atoms with E-state index in [9.17, 15) is 26.7 Å². The number of nitrogens with two attached hydrogens (primary N) is 1. The highest BCUT2D eigenvalue weighted by atomic mass is 19.4. The van der Waals surface area contributed by atoms with E-state index >= 15 is 0 Å². The summed E-state index contributed by atoms with van der Waals surface area (Å²) in [4.78, 5) is 27.4. The van der Waals surface area contributed by atoms with Crippen molar-refractivity contribution in [2.24, 2.45) is 5.84 Å². The number of pyridine rings is 1. The molecule has 4 N–H and O–H groups in total. The number of unbranched alkanes of at least 4 members (excludes halogenated alkanes) is 1. The molecule has 1 atom stereocenters. The normalized spacial score (nSPS) is 12.6. The fourth-order valence-electron chi connectivity index (χ4n) is 4.64. The molecule has 0 saturated carbocycles. The number of carbonyl (C=O) groups is 1. The highest BCUT2D eigenvalue weighted by Crippen LogP contribution is 2.32. The summed E-state index contributed by atoms with van der Waals surface area (Å²) >= 11 is 0. The molecule has 2 aromatic heterocycles. The Bertz CT molecular complexity index is 1530. The topological polar surface area (TPSA) is 109 Å². The van der Waals surface area contributed by atoms with Crippen LogP contribution in [0, 0.1) is 11.6 Å². The molecule has 0 saturated heterocycles. The maximum atomic E-state index is 14.7. The van der Waals surface area contributed by atoms with Gasteiger partial charge in [-0.15, -0.1) is 0 Å². The number of aromatic nitrogens is 3. The Kier molecular flexibility index (Phi) is 11.1. The summed E-state index contributed by atoms with van der Waals surface area (Å²) in [5.41, 5.74) is 0.411. The van der Waals surface area contributed by atoms with Crippen LogP contribution in [0.4, 0.5) is 27.6 Å². The molecule has 2 heterocycles. The van der Waals surface area contributed by atoms with Gasteiger partial charge in [0, 0.05) is 24.0 Å². The second-order valence-corrected chi connectivity index (χ2v) is 9.27. The molecule has 2 aromatic carbocycles. The number of benzene rings is 2. The maximum Gasteiger partial charge on any atom is 0.416 e. The average Bonchev–Trinajstić information content (AvgIpc) is 3.33. The molecule has 0 spiro atoms. The number of alkyl halides is 3. The molecule has 0 fully saturated rings. The summed E-state index contributed by atoms with van der Waals surface area (Å²) in [6.07, 6.45) is 2.54. The molecule has 0 bridgehead atoms. The lowest BCUT2D eigenvalue weighted by molar-refractivity contribution is -0.137. The van der Waals surface area contributed by atoms with Crippen molar-refractivity contribution in [3.8, 4) is 0 Å². The quantitative estimate of drug-likeness (QED) is 0.0911. The lowest BCUT2D eigenvalue weighted by atomic mass is 10.0. The van der Waals surface area contributed by atoms with E-state index in [1.54, 1.807) is 31.6 Å². The van der Waals surface area contributed by atoms with Crippen molar-refractivity contribution >= 4 is 29.2 Å². The average molecular weight is 591 g/mol. The first-order chi connectivity index (χ1) is 20.1. The van der Waals surface area contributed by atoms with Gasteiger partial charge in [0.2, 0.25) is 0 Å². The first-order valence-electron chi connectivity index (χ1n) is 13.0. The predicted octanol–water partition coefficient (Wildman–Crippen LogP) is 5.58. The van der Waals surface area contributed by atoms with Crippen molar-refractivity contribution in [1.82, 2.24) is 19.9 Å². The predicted molar refractivity (Wildman–Crippen MR) is 151 cm³/mol. The van der Waals surface area contributed by atoms with E-state index in [0.29, 0.717) is 49.2 Å². The molecule has 224 valence electrons. The third-order valence-electron chi connectivity index (χ3n) is 6.65. The zero-order valence-corrected chi connectivity index (χ0v) is 22.8. The summed E-state index contributed by atoms with van der Waals surface area (Å²) in [6.45, 7) is 2.54. The van der Waals surface area contributed by atoms with Crippen molar-refractivity contribution in [3.05, 3.63) is 100 Å². The van der Waals surface area contributed by atoms with Crippen molar-refractivity contribution in [3.63, 3.8) is 0 Å². The maximum absolute atomic E-state index is 14.7. The second-order valence-electron chi connectivity index (χ2n) is 9.27. The lowest BCUT2D eigenvalue weighted by Gasteiger charge is -2.23. The van der Waals surface area contributed by atoms with Gasteiger partial charge in [-0.25, -0.2) is 19.4 Å². The minimum absolute atomic E-state index is 0.102. The molecular weight excluding hydrogens is 559 g/mol. The van der Waals surface area contributed by atoms with Gasteiger partial charge >= 0.3 is 11.9 Å². The van der Waals surface area contributed by atoms with E-state index in [-0.39, 0.29) is 11.0 Å². The third-order valence-corrected chi connectivity index (χ3v) is 6.65. The van der Waals surface area contributed by atoms with Crippen LogP contribution in [0.3, 0.4) is 0 Å². The number of nitrogens with one attached hydrogen (secondary N) is 2. The number of imidazole rings is 1. The summed E-state index contributed by atoms with van der Waals surface area (Å²) in [5.74, 6) is 4.24. The van der Waals surface area contributed by atoms with Crippen LogP contribution in [0.1, 0.15) is 42.9 Å². The molecule has 0 radical (unpaired) electrons. The fourth-order valence-corrected chi connectivity index (χ4v) is 4.64. The van der Waals surface area contributed by atoms with Crippen LogP contribution in [-0.2, 0) is 11.0 Å². The van der Waals surface area contributed by atoms with Gasteiger partial charge in [0.1, 0.15) is 12.3 Å². The zero-order chi connectivity index (χ0) is 30.9. The number of H-pyrrole nitrogens is 1. The number of hydrogen-bond donors (Lipinski definition) is 3. The molecule has 4 aromatic rings. The van der Waals surface area contributed by atoms with Crippen molar-refractivity contribution in [2.45, 2.75) is 37.9 Å². The van der Waals surface area contributed by atoms with Crippen LogP contribution in [0.5, 0.6) is 0 Å². The number of carbonyl (C=O) groups excluding carboxylic acids is 1. The molecule has 13 heteroatoms. The lowest BCUT2D eigenvalue weighted by Crippen LogP contribution is -2.29. The number of rotatable bonds is 11. The van der Waals surface area contributed by atoms with Crippen LogP contribution in [0.15, 0.2) is 71.8 Å². The summed E-state index contributed by atoms with van der Waals surface area (Å²) in [7, 11) is 1.76. The Balaban J connectivity index is 0.00000237. The van der Waals surface area contributed by atoms with Gasteiger partial charge in [-0.2, -0.15) is 13.2 Å². The minimum atomic E-state index is -4.47. The monoisotopic (exact) mass is 590 g/mol. The molecule has 42 heavy (non-hydrogen) atoms. The van der Waals surface area contributed by atoms with Crippen LogP contribution in [-0.4, -0.2) is 34.9 Å². The van der Waals surface area contributed by atoms with Gasteiger partial charge in [-0.05, 0) is 87.8 Å². The third kappa shape index (κ3) is 7.47. The number of allylic oxidation sites excluding steroid dienone is 1. The molecule has 0 amide bonds. The van der Waals surface area contributed by atoms with Crippen LogP contribution < -0.4 is 21.9 Å². The van der Waals surface area contributed by atoms with Crippen molar-refractivity contribution < 1.29 is 26.7 Å². The number of aromatic amines is 1. The van der Waals surface area contributed by atoms with E-state index in [4.69, 9.17) is 10.6 Å². The highest BCUT2D eigenvalue weighted by Gasteiger charge is 2.30. The van der Waals surface area contributed by atoms with Crippen LogP contribution >= 0.6 is 0 Å². The van der Waals surface area contributed by atoms with Gasteiger partial charge in [-0.3, -0.25) is 14.6 Å². The molecule has 0 aliphatic rings. The van der Waals surface area contributed by atoms with Gasteiger partial charge in [0.25, 0.3) is 0 Å². The number of halogens is 5. The Hall–Kier alpha value is -4.36. The number of nitrogens with zero attached hydrogens (tertiary/aromatic N) is 3. The van der Waals surface area contributed by atoms with Gasteiger partial charge in [0.15, 0.2) is 11.6 Å². The Morgan fingerprint density at radius 2 is 1.76 bits per heavy atom. The van der Waals surface area contributed by atoms with Crippen LogP contribution in [0.2, 0.25) is 0 Å². The van der Waals surface area contributed by atoms with Crippen molar-refractivity contribution in [2.75, 3.05) is 18.6 Å². The SMILES string of the molecule is C=O.CNCCC(CCC/C=C(/c1ccncc1)N(N)c1ccc(C(F)(F)F)cc1)n1c(=O)[nH]c2ccc(F)c(F)c21. The van der Waals surface area contributed by atoms with E-state index in [1.807, 2.05) is 12.9 Å². The van der Waals surface area contributed by atoms with Gasteiger partial charge < -0.3 is 15.1 Å². The molecule has 0 aliphatic heterocycles. The Labute approximate surface area is 238 Å². The number of hydrazine groups is 1. The van der Waals surface area contributed by atoms with E-state index in [2.05, 4.69) is 15.3 Å². The highest BCUT2D eigenvalue weighted by molar-refractivity contribution is 5.78. The summed E-state index contributed by atoms with van der Waals surface area (Å²) in [6, 6.07) is 9.86. The summed E-state index contributed by atoms with van der Waals surface area (Å²) in [5, 5.41) is 4.33. The Morgan fingerprint density at radius 1 is 1.10 bits per heavy atom. The Morgan fingerprint density at radius 3 is 2.38 bits per heavy atom. The first kappa shape index (κ1) is 32.2. The number of hydrogen-bond acceptors (Lipinski definition) is 6. The summed E-state index contributed by atoms with van der Waals surface area (Å²) < 4.78 is 69.0. The standard InChI is InChI=1S/C28H29F5N6O.CH2O/c1-35-15-14-20(38-26-23(37-27(38)40)11-10-22(29)25(26)30)4-2-3-5-24(18-12-16-36-17-13-18)39(34)21-8-6-19(7-9-21)28(31,32)33;1-2/h5-13,16-17,20,35H,2-4,14-15,34H2,1H3,(H,37,40);1H2/b24-5-;.